The van der Waals surface area contributed by atoms with Gasteiger partial charge in [0.15, 0.2) is 28.7 Å². The van der Waals surface area contributed by atoms with Crippen LogP contribution in [0.1, 0.15) is 32.5 Å². The zero-order valence-corrected chi connectivity index (χ0v) is 20.3. The molecule has 0 saturated carbocycles. The van der Waals surface area contributed by atoms with Crippen molar-refractivity contribution in [2.45, 2.75) is 12.6 Å². The van der Waals surface area contributed by atoms with E-state index in [0.717, 1.165) is 0 Å². The number of nitriles is 1. The van der Waals surface area contributed by atoms with Gasteiger partial charge in [0.25, 0.3) is 11.8 Å². The van der Waals surface area contributed by atoms with Gasteiger partial charge in [0.1, 0.15) is 6.04 Å². The highest BCUT2D eigenvalue weighted by molar-refractivity contribution is 5.98. The van der Waals surface area contributed by atoms with E-state index >= 15 is 0 Å². The fourth-order valence-corrected chi connectivity index (χ4v) is 3.66. The third-order valence-corrected chi connectivity index (χ3v) is 5.48. The van der Waals surface area contributed by atoms with E-state index in [2.05, 4.69) is 20.9 Å². The summed E-state index contributed by atoms with van der Waals surface area (Å²) in [5.74, 6) is 1.10. The minimum absolute atomic E-state index is 0.0221. The standard InChI is InChI=1S/C24H24N6O7/c1-33-19-7-5-15(21(34-2)22(19)35-3)23(31)26-8-9-30-12-17(28-29-30)24(32)27-16(11-25)14-4-6-18-20(10-14)37-13-36-18/h4-7,10,12,16H,8-9,13H2,1-3H3,(H,26,31)(H,27,32). The van der Waals surface area contributed by atoms with Crippen molar-refractivity contribution in [1.29, 1.82) is 5.26 Å². The zero-order chi connectivity index (χ0) is 26.4. The Hall–Kier alpha value is -4.99. The predicted molar refractivity (Wildman–Crippen MR) is 127 cm³/mol. The lowest BCUT2D eigenvalue weighted by atomic mass is 10.1. The zero-order valence-electron chi connectivity index (χ0n) is 20.3. The topological polar surface area (TPSA) is 159 Å². The lowest BCUT2D eigenvalue weighted by Gasteiger charge is -2.15. The van der Waals surface area contributed by atoms with Crippen LogP contribution in [0.5, 0.6) is 28.7 Å². The molecule has 1 atom stereocenters. The highest BCUT2D eigenvalue weighted by Crippen LogP contribution is 2.39. The summed E-state index contributed by atoms with van der Waals surface area (Å²) in [6.07, 6.45) is 1.42. The summed E-state index contributed by atoms with van der Waals surface area (Å²) in [6.45, 7) is 0.540. The van der Waals surface area contributed by atoms with E-state index in [4.69, 9.17) is 23.7 Å². The largest absolute Gasteiger partial charge is 0.493 e. The van der Waals surface area contributed by atoms with Gasteiger partial charge >= 0.3 is 0 Å². The lowest BCUT2D eigenvalue weighted by Crippen LogP contribution is -2.28. The van der Waals surface area contributed by atoms with Crippen LogP contribution >= 0.6 is 0 Å². The van der Waals surface area contributed by atoms with Crippen LogP contribution in [0, 0.1) is 11.3 Å². The molecule has 3 aromatic rings. The first-order valence-corrected chi connectivity index (χ1v) is 11.1. The number of rotatable bonds is 10. The molecular formula is C24H24N6O7. The number of carbonyl (C=O) groups is 2. The van der Waals surface area contributed by atoms with Crippen LogP contribution in [0.2, 0.25) is 0 Å². The second kappa shape index (κ2) is 11.2. The van der Waals surface area contributed by atoms with Gasteiger partial charge in [0.2, 0.25) is 12.5 Å². The molecular weight excluding hydrogens is 484 g/mol. The van der Waals surface area contributed by atoms with Crippen LogP contribution in [0.15, 0.2) is 36.5 Å². The van der Waals surface area contributed by atoms with Crippen LogP contribution in [0.25, 0.3) is 0 Å². The summed E-state index contributed by atoms with van der Waals surface area (Å²) in [7, 11) is 4.37. The van der Waals surface area contributed by atoms with Crippen molar-refractivity contribution in [3.63, 3.8) is 0 Å². The van der Waals surface area contributed by atoms with Crippen molar-refractivity contribution in [3.05, 3.63) is 53.3 Å². The third-order valence-electron chi connectivity index (χ3n) is 5.48. The van der Waals surface area contributed by atoms with Crippen LogP contribution in [0.4, 0.5) is 0 Å². The Morgan fingerprint density at radius 3 is 2.59 bits per heavy atom. The lowest BCUT2D eigenvalue weighted by molar-refractivity contribution is 0.0934. The molecule has 2 N–H and O–H groups in total. The number of hydrogen-bond donors (Lipinski definition) is 2. The predicted octanol–water partition coefficient (Wildman–Crippen LogP) is 1.46. The molecule has 0 bridgehead atoms. The fraction of sp³-hybridized carbons (Fsp3) is 0.292. The molecule has 0 fully saturated rings. The van der Waals surface area contributed by atoms with Gasteiger partial charge in [-0.15, -0.1) is 5.10 Å². The van der Waals surface area contributed by atoms with Crippen molar-refractivity contribution >= 4 is 11.8 Å². The summed E-state index contributed by atoms with van der Waals surface area (Å²) in [6, 6.07) is 9.29. The first-order chi connectivity index (χ1) is 18.0. The molecule has 1 unspecified atom stereocenters. The molecule has 13 nitrogen and oxygen atoms in total. The molecule has 13 heteroatoms. The molecule has 0 spiro atoms. The average molecular weight is 508 g/mol. The number of nitrogens with zero attached hydrogens (tertiary/aromatic N) is 4. The normalized spacial score (nSPS) is 12.3. The number of methoxy groups -OCH3 is 3. The summed E-state index contributed by atoms with van der Waals surface area (Å²) in [5, 5.41) is 22.7. The number of hydrogen-bond acceptors (Lipinski definition) is 10. The Labute approximate surface area is 211 Å². The summed E-state index contributed by atoms with van der Waals surface area (Å²) in [5.41, 5.74) is 0.833. The molecule has 1 aromatic heterocycles. The first-order valence-electron chi connectivity index (χ1n) is 11.1. The van der Waals surface area contributed by atoms with Gasteiger partial charge in [-0.05, 0) is 29.8 Å². The number of fused-ring (bicyclic) bond motifs is 1. The van der Waals surface area contributed by atoms with E-state index in [1.54, 1.807) is 30.3 Å². The monoisotopic (exact) mass is 508 g/mol. The van der Waals surface area contributed by atoms with E-state index in [1.807, 2.05) is 6.07 Å². The van der Waals surface area contributed by atoms with Crippen LogP contribution < -0.4 is 34.3 Å². The SMILES string of the molecule is COc1ccc(C(=O)NCCn2cc(C(=O)NC(C#N)c3ccc4c(c3)OCO4)nn2)c(OC)c1OC. The first kappa shape index (κ1) is 25.1. The second-order valence-electron chi connectivity index (χ2n) is 7.65. The average Bonchev–Trinajstić information content (AvgIpc) is 3.59. The Morgan fingerprint density at radius 1 is 1.08 bits per heavy atom. The van der Waals surface area contributed by atoms with Gasteiger partial charge in [-0.3, -0.25) is 9.59 Å². The van der Waals surface area contributed by atoms with Gasteiger partial charge in [-0.2, -0.15) is 5.26 Å². The number of benzene rings is 2. The van der Waals surface area contributed by atoms with E-state index in [0.29, 0.717) is 28.6 Å². The quantitative estimate of drug-likeness (QED) is 0.410. The molecule has 0 radical (unpaired) electrons. The van der Waals surface area contributed by atoms with Crippen molar-refractivity contribution < 1.29 is 33.3 Å². The highest BCUT2D eigenvalue weighted by atomic mass is 16.7. The molecule has 1 aliphatic rings. The highest BCUT2D eigenvalue weighted by Gasteiger charge is 2.22. The van der Waals surface area contributed by atoms with Crippen LogP contribution in [-0.2, 0) is 6.54 Å². The third kappa shape index (κ3) is 5.32. The van der Waals surface area contributed by atoms with Crippen molar-refractivity contribution in [2.75, 3.05) is 34.7 Å². The maximum absolute atomic E-state index is 12.7. The van der Waals surface area contributed by atoms with Gasteiger partial charge in [0.05, 0.1) is 45.7 Å². The van der Waals surface area contributed by atoms with E-state index in [1.165, 1.54) is 32.2 Å². The minimum Gasteiger partial charge on any atom is -0.493 e. The van der Waals surface area contributed by atoms with Gasteiger partial charge < -0.3 is 34.3 Å². The number of carbonyl (C=O) groups excluding carboxylic acids is 2. The Morgan fingerprint density at radius 2 is 1.86 bits per heavy atom. The van der Waals surface area contributed by atoms with Gasteiger partial charge in [-0.1, -0.05) is 11.3 Å². The molecule has 1 aliphatic heterocycles. The number of amides is 2. The second-order valence-corrected chi connectivity index (χ2v) is 7.65. The molecule has 2 amide bonds. The molecule has 192 valence electrons. The van der Waals surface area contributed by atoms with Gasteiger partial charge in [0, 0.05) is 6.54 Å². The molecule has 2 heterocycles. The number of nitrogens with one attached hydrogen (secondary N) is 2. The van der Waals surface area contributed by atoms with Crippen LogP contribution in [-0.4, -0.2) is 61.5 Å². The van der Waals surface area contributed by atoms with E-state index in [-0.39, 0.29) is 36.9 Å². The van der Waals surface area contributed by atoms with Crippen molar-refractivity contribution in [2.24, 2.45) is 0 Å². The Bertz CT molecular complexity index is 1350. The fourth-order valence-electron chi connectivity index (χ4n) is 3.66. The molecule has 37 heavy (non-hydrogen) atoms. The molecule has 0 saturated heterocycles. The van der Waals surface area contributed by atoms with E-state index < -0.39 is 17.9 Å². The summed E-state index contributed by atoms with van der Waals surface area (Å²) < 4.78 is 27.9. The minimum atomic E-state index is -0.928. The maximum Gasteiger partial charge on any atom is 0.274 e. The smallest absolute Gasteiger partial charge is 0.274 e. The van der Waals surface area contributed by atoms with Crippen molar-refractivity contribution in [1.82, 2.24) is 25.6 Å². The Kier molecular flexibility index (Phi) is 7.58. The molecule has 2 aromatic carbocycles. The van der Waals surface area contributed by atoms with Crippen molar-refractivity contribution in [3.8, 4) is 34.8 Å². The number of aromatic nitrogens is 3. The number of ether oxygens (including phenoxy) is 5. The van der Waals surface area contributed by atoms with E-state index in [9.17, 15) is 14.9 Å². The summed E-state index contributed by atoms with van der Waals surface area (Å²) in [4.78, 5) is 25.4. The summed E-state index contributed by atoms with van der Waals surface area (Å²) >= 11 is 0. The van der Waals surface area contributed by atoms with Gasteiger partial charge in [-0.25, -0.2) is 4.68 Å². The molecule has 0 aliphatic carbocycles. The maximum atomic E-state index is 12.7. The Balaban J connectivity index is 1.34. The van der Waals surface area contributed by atoms with Crippen LogP contribution in [0.3, 0.4) is 0 Å². The molecule has 4 rings (SSSR count).